The van der Waals surface area contributed by atoms with Gasteiger partial charge in [-0.05, 0) is 20.8 Å². The number of hydrogen-bond donors (Lipinski definition) is 2. The minimum absolute atomic E-state index is 0.0666. The maximum atomic E-state index is 11.7. The van der Waals surface area contributed by atoms with Gasteiger partial charge in [0.1, 0.15) is 5.54 Å². The van der Waals surface area contributed by atoms with E-state index in [0.29, 0.717) is 12.2 Å². The lowest BCUT2D eigenvalue weighted by molar-refractivity contribution is -0.128. The Bertz CT molecular complexity index is 329. The zero-order valence-corrected chi connectivity index (χ0v) is 8.74. The van der Waals surface area contributed by atoms with Crippen molar-refractivity contribution in [2.24, 2.45) is 0 Å². The minimum Gasteiger partial charge on any atom is -0.396 e. The molecule has 0 atom stereocenters. The van der Waals surface area contributed by atoms with Gasteiger partial charge in [-0.3, -0.25) is 9.48 Å². The fraction of sp³-hybridized carbons (Fsp3) is 0.556. The number of amides is 1. The van der Waals surface area contributed by atoms with Crippen molar-refractivity contribution in [3.8, 4) is 0 Å². The first-order valence-electron chi connectivity index (χ1n) is 4.57. The number of nitrogens with two attached hydrogens (primary N) is 1. The zero-order chi connectivity index (χ0) is 10.8. The third-order valence-electron chi connectivity index (χ3n) is 2.07. The Morgan fingerprint density at radius 1 is 1.71 bits per heavy atom. The Kier molecular flexibility index (Phi) is 2.78. The summed E-state index contributed by atoms with van der Waals surface area (Å²) in [6.45, 7) is 6.08. The summed E-state index contributed by atoms with van der Waals surface area (Å²) in [4.78, 5) is 11.7. The molecule has 0 aliphatic carbocycles. The molecular weight excluding hydrogens is 180 g/mol. The molecule has 0 radical (unpaired) electrons. The number of carbonyl (C=O) groups is 1. The second kappa shape index (κ2) is 3.69. The van der Waals surface area contributed by atoms with Gasteiger partial charge in [-0.15, -0.1) is 0 Å². The summed E-state index contributed by atoms with van der Waals surface area (Å²) >= 11 is 0. The monoisotopic (exact) mass is 196 g/mol. The smallest absolute Gasteiger partial charge is 0.247 e. The molecule has 1 heterocycles. The first kappa shape index (κ1) is 10.6. The summed E-state index contributed by atoms with van der Waals surface area (Å²) in [6, 6.07) is 0. The number of nitrogen functional groups attached to an aromatic ring is 1. The van der Waals surface area contributed by atoms with E-state index in [9.17, 15) is 4.79 Å². The van der Waals surface area contributed by atoms with Crippen molar-refractivity contribution in [2.75, 3.05) is 12.3 Å². The van der Waals surface area contributed by atoms with Crippen molar-refractivity contribution in [1.82, 2.24) is 15.1 Å². The fourth-order valence-electron chi connectivity index (χ4n) is 1.12. The third kappa shape index (κ3) is 1.86. The van der Waals surface area contributed by atoms with Gasteiger partial charge in [0.05, 0.1) is 11.9 Å². The van der Waals surface area contributed by atoms with Crippen molar-refractivity contribution in [3.05, 3.63) is 12.4 Å². The lowest BCUT2D eigenvalue weighted by atomic mass is 10.1. The van der Waals surface area contributed by atoms with E-state index in [1.165, 1.54) is 6.20 Å². The Balaban J connectivity index is 2.89. The summed E-state index contributed by atoms with van der Waals surface area (Å²) in [5.74, 6) is -0.0666. The Hall–Kier alpha value is -1.52. The van der Waals surface area contributed by atoms with Crippen LogP contribution in [-0.4, -0.2) is 22.2 Å². The molecule has 0 unspecified atom stereocenters. The highest BCUT2D eigenvalue weighted by molar-refractivity contribution is 5.83. The van der Waals surface area contributed by atoms with Crippen LogP contribution in [0.4, 0.5) is 5.69 Å². The first-order valence-corrected chi connectivity index (χ1v) is 4.57. The molecule has 78 valence electrons. The first-order chi connectivity index (χ1) is 6.48. The molecule has 0 aromatic carbocycles. The molecular formula is C9H16N4O. The van der Waals surface area contributed by atoms with Crippen LogP contribution in [0.5, 0.6) is 0 Å². The van der Waals surface area contributed by atoms with E-state index in [-0.39, 0.29) is 5.91 Å². The van der Waals surface area contributed by atoms with Crippen LogP contribution in [0.2, 0.25) is 0 Å². The zero-order valence-electron chi connectivity index (χ0n) is 8.74. The molecule has 0 aliphatic heterocycles. The van der Waals surface area contributed by atoms with Gasteiger partial charge in [0, 0.05) is 12.7 Å². The van der Waals surface area contributed by atoms with Gasteiger partial charge in [0.15, 0.2) is 0 Å². The number of anilines is 1. The number of likely N-dealkylation sites (N-methyl/N-ethyl adjacent to an activating group) is 1. The number of nitrogens with one attached hydrogen (secondary N) is 1. The van der Waals surface area contributed by atoms with Gasteiger partial charge in [0.25, 0.3) is 0 Å². The van der Waals surface area contributed by atoms with Crippen LogP contribution in [0.25, 0.3) is 0 Å². The number of aromatic nitrogens is 2. The van der Waals surface area contributed by atoms with Gasteiger partial charge >= 0.3 is 0 Å². The van der Waals surface area contributed by atoms with Crippen LogP contribution < -0.4 is 11.1 Å². The standard InChI is InChI=1S/C9H16N4O/c1-4-11-8(14)9(2,3)13-6-7(10)5-12-13/h5-6H,4,10H2,1-3H3,(H,11,14). The Morgan fingerprint density at radius 3 is 2.79 bits per heavy atom. The number of rotatable bonds is 3. The lowest BCUT2D eigenvalue weighted by Crippen LogP contribution is -2.44. The summed E-state index contributed by atoms with van der Waals surface area (Å²) in [6.07, 6.45) is 3.18. The van der Waals surface area contributed by atoms with E-state index < -0.39 is 5.54 Å². The normalized spacial score (nSPS) is 11.4. The predicted octanol–water partition coefficient (Wildman–Crippen LogP) is 0.336. The molecule has 1 amide bonds. The molecule has 1 aromatic heterocycles. The van der Waals surface area contributed by atoms with Crippen molar-refractivity contribution in [1.29, 1.82) is 0 Å². The van der Waals surface area contributed by atoms with E-state index >= 15 is 0 Å². The van der Waals surface area contributed by atoms with E-state index in [4.69, 9.17) is 5.73 Å². The largest absolute Gasteiger partial charge is 0.396 e. The van der Waals surface area contributed by atoms with Crippen LogP contribution in [0.15, 0.2) is 12.4 Å². The maximum absolute atomic E-state index is 11.7. The molecule has 1 aromatic rings. The molecule has 3 N–H and O–H groups in total. The second-order valence-electron chi connectivity index (χ2n) is 3.64. The van der Waals surface area contributed by atoms with Crippen molar-refractivity contribution < 1.29 is 4.79 Å². The topological polar surface area (TPSA) is 72.9 Å². The highest BCUT2D eigenvalue weighted by Crippen LogP contribution is 2.15. The van der Waals surface area contributed by atoms with Crippen molar-refractivity contribution in [3.63, 3.8) is 0 Å². The number of carbonyl (C=O) groups excluding carboxylic acids is 1. The SMILES string of the molecule is CCNC(=O)C(C)(C)n1cc(N)cn1. The van der Waals surface area contributed by atoms with Crippen LogP contribution in [0, 0.1) is 0 Å². The van der Waals surface area contributed by atoms with E-state index in [1.54, 1.807) is 24.7 Å². The summed E-state index contributed by atoms with van der Waals surface area (Å²) < 4.78 is 1.56. The quantitative estimate of drug-likeness (QED) is 0.732. The van der Waals surface area contributed by atoms with E-state index in [1.807, 2.05) is 6.92 Å². The molecule has 1 rings (SSSR count). The lowest BCUT2D eigenvalue weighted by Gasteiger charge is -2.23. The number of nitrogens with zero attached hydrogens (tertiary/aromatic N) is 2. The van der Waals surface area contributed by atoms with Gasteiger partial charge in [-0.2, -0.15) is 5.10 Å². The summed E-state index contributed by atoms with van der Waals surface area (Å²) in [7, 11) is 0. The molecule has 0 fully saturated rings. The van der Waals surface area contributed by atoms with Gasteiger partial charge in [0.2, 0.25) is 5.91 Å². The average molecular weight is 196 g/mol. The highest BCUT2D eigenvalue weighted by atomic mass is 16.2. The average Bonchev–Trinajstić information content (AvgIpc) is 2.52. The summed E-state index contributed by atoms with van der Waals surface area (Å²) in [5, 5.41) is 6.77. The van der Waals surface area contributed by atoms with Gasteiger partial charge in [-0.1, -0.05) is 0 Å². The summed E-state index contributed by atoms with van der Waals surface area (Å²) in [5.41, 5.74) is 5.39. The van der Waals surface area contributed by atoms with Crippen LogP contribution in [-0.2, 0) is 10.3 Å². The minimum atomic E-state index is -0.701. The highest BCUT2D eigenvalue weighted by Gasteiger charge is 2.29. The maximum Gasteiger partial charge on any atom is 0.247 e. The van der Waals surface area contributed by atoms with Gasteiger partial charge in [-0.25, -0.2) is 0 Å². The number of hydrogen-bond acceptors (Lipinski definition) is 3. The van der Waals surface area contributed by atoms with Crippen molar-refractivity contribution >= 4 is 11.6 Å². The Morgan fingerprint density at radius 2 is 2.36 bits per heavy atom. The van der Waals surface area contributed by atoms with Crippen LogP contribution >= 0.6 is 0 Å². The molecule has 5 heteroatoms. The molecule has 5 nitrogen and oxygen atoms in total. The molecule has 14 heavy (non-hydrogen) atoms. The molecule has 0 saturated carbocycles. The van der Waals surface area contributed by atoms with Crippen LogP contribution in [0.3, 0.4) is 0 Å². The molecule has 0 saturated heterocycles. The Labute approximate surface area is 83.3 Å². The fourth-order valence-corrected chi connectivity index (χ4v) is 1.12. The predicted molar refractivity (Wildman–Crippen MR) is 54.6 cm³/mol. The van der Waals surface area contributed by atoms with Crippen LogP contribution in [0.1, 0.15) is 20.8 Å². The van der Waals surface area contributed by atoms with E-state index in [2.05, 4.69) is 10.4 Å². The second-order valence-corrected chi connectivity index (χ2v) is 3.64. The van der Waals surface area contributed by atoms with Gasteiger partial charge < -0.3 is 11.1 Å². The third-order valence-corrected chi connectivity index (χ3v) is 2.07. The molecule has 0 aliphatic rings. The molecule has 0 spiro atoms. The molecule has 0 bridgehead atoms. The van der Waals surface area contributed by atoms with E-state index in [0.717, 1.165) is 0 Å². The van der Waals surface area contributed by atoms with Crippen molar-refractivity contribution in [2.45, 2.75) is 26.3 Å².